The molecule has 1 atom stereocenters. The van der Waals surface area contributed by atoms with E-state index in [-0.39, 0.29) is 17.4 Å². The molecule has 1 unspecified atom stereocenters. The zero-order chi connectivity index (χ0) is 16.2. The Kier molecular flexibility index (Phi) is 6.21. The molecule has 118 valence electrons. The second-order valence-corrected chi connectivity index (χ2v) is 7.04. The van der Waals surface area contributed by atoms with Gasteiger partial charge in [-0.3, -0.25) is 4.79 Å². The van der Waals surface area contributed by atoms with Gasteiger partial charge in [-0.2, -0.15) is 0 Å². The van der Waals surface area contributed by atoms with Gasteiger partial charge in [0.2, 0.25) is 0 Å². The molecule has 1 heterocycles. The third-order valence-corrected chi connectivity index (χ3v) is 4.13. The summed E-state index contributed by atoms with van der Waals surface area (Å²) >= 11 is 6.06. The Morgan fingerprint density at radius 1 is 1.29 bits per heavy atom. The van der Waals surface area contributed by atoms with Crippen LogP contribution in [0, 0.1) is 5.92 Å². The number of halogens is 1. The summed E-state index contributed by atoms with van der Waals surface area (Å²) in [5, 5.41) is 3.44. The van der Waals surface area contributed by atoms with E-state index < -0.39 is 0 Å². The Morgan fingerprint density at radius 2 is 1.86 bits per heavy atom. The molecule has 0 fully saturated rings. The third-order valence-electron chi connectivity index (χ3n) is 3.94. The first-order valence-corrected chi connectivity index (χ1v) is 8.05. The molecule has 0 aliphatic heterocycles. The van der Waals surface area contributed by atoms with Crippen LogP contribution in [0.2, 0.25) is 5.15 Å². The molecule has 0 saturated carbocycles. The first kappa shape index (κ1) is 18.0. The second-order valence-electron chi connectivity index (χ2n) is 6.65. The first-order valence-electron chi connectivity index (χ1n) is 7.68. The van der Waals surface area contributed by atoms with Crippen molar-refractivity contribution in [1.29, 1.82) is 0 Å². The van der Waals surface area contributed by atoms with Gasteiger partial charge in [-0.25, -0.2) is 4.98 Å². The van der Waals surface area contributed by atoms with E-state index in [1.54, 1.807) is 6.07 Å². The molecule has 0 aliphatic carbocycles. The Balaban J connectivity index is 2.95. The maximum absolute atomic E-state index is 12.4. The Labute approximate surface area is 133 Å². The number of pyridine rings is 1. The molecule has 1 aromatic heterocycles. The van der Waals surface area contributed by atoms with Gasteiger partial charge in [0.15, 0.2) is 0 Å². The van der Waals surface area contributed by atoms with E-state index in [2.05, 4.69) is 51.8 Å². The lowest BCUT2D eigenvalue weighted by molar-refractivity contribution is 0.0925. The molecular weight excluding hydrogens is 284 g/mol. The molecule has 1 N–H and O–H groups in total. The summed E-state index contributed by atoms with van der Waals surface area (Å²) in [4.78, 5) is 16.7. The summed E-state index contributed by atoms with van der Waals surface area (Å²) in [5.74, 6) is 0.414. The quantitative estimate of drug-likeness (QED) is 0.808. The van der Waals surface area contributed by atoms with Crippen LogP contribution in [0.1, 0.15) is 70.4 Å². The molecule has 4 heteroatoms. The molecule has 0 saturated heterocycles. The highest BCUT2D eigenvalue weighted by atomic mass is 35.5. The number of hydrogen-bond donors (Lipinski definition) is 1. The maximum Gasteiger partial charge on any atom is 0.251 e. The normalized spacial score (nSPS) is 13.3. The van der Waals surface area contributed by atoms with Gasteiger partial charge in [0.05, 0.1) is 0 Å². The first-order chi connectivity index (χ1) is 9.68. The van der Waals surface area contributed by atoms with E-state index in [0.29, 0.717) is 16.6 Å². The predicted octanol–water partition coefficient (Wildman–Crippen LogP) is 4.59. The number of hydrogen-bond acceptors (Lipinski definition) is 2. The van der Waals surface area contributed by atoms with E-state index in [1.165, 1.54) is 0 Å². The Bertz CT molecular complexity index is 490. The fourth-order valence-electron chi connectivity index (χ4n) is 2.42. The van der Waals surface area contributed by atoms with Crippen molar-refractivity contribution in [2.75, 3.05) is 0 Å². The predicted molar refractivity (Wildman–Crippen MR) is 88.9 cm³/mol. The van der Waals surface area contributed by atoms with Crippen molar-refractivity contribution in [2.45, 2.75) is 65.8 Å². The number of carbonyl (C=O) groups is 1. The number of amides is 1. The van der Waals surface area contributed by atoms with Crippen molar-refractivity contribution in [2.24, 2.45) is 5.92 Å². The van der Waals surface area contributed by atoms with E-state index in [9.17, 15) is 4.79 Å². The smallest absolute Gasteiger partial charge is 0.251 e. The lowest BCUT2D eigenvalue weighted by Gasteiger charge is -2.23. The van der Waals surface area contributed by atoms with Crippen molar-refractivity contribution in [3.8, 4) is 0 Å². The van der Waals surface area contributed by atoms with Gasteiger partial charge in [0, 0.05) is 22.7 Å². The van der Waals surface area contributed by atoms with Crippen LogP contribution in [0.3, 0.4) is 0 Å². The lowest BCUT2D eigenvalue weighted by Crippen LogP contribution is -2.38. The molecule has 0 aromatic carbocycles. The van der Waals surface area contributed by atoms with Crippen LogP contribution in [-0.2, 0) is 5.41 Å². The summed E-state index contributed by atoms with van der Waals surface area (Å²) in [7, 11) is 0. The summed E-state index contributed by atoms with van der Waals surface area (Å²) < 4.78 is 0. The minimum Gasteiger partial charge on any atom is -0.349 e. The van der Waals surface area contributed by atoms with E-state index >= 15 is 0 Å². The van der Waals surface area contributed by atoms with Crippen LogP contribution in [0.4, 0.5) is 0 Å². The largest absolute Gasteiger partial charge is 0.349 e. The fourth-order valence-corrected chi connectivity index (χ4v) is 2.62. The molecule has 1 aromatic rings. The molecule has 21 heavy (non-hydrogen) atoms. The number of nitrogens with one attached hydrogen (secondary N) is 1. The zero-order valence-electron chi connectivity index (χ0n) is 14.0. The third kappa shape index (κ3) is 4.99. The van der Waals surface area contributed by atoms with E-state index in [0.717, 1.165) is 18.5 Å². The minimum absolute atomic E-state index is 0.0794. The highest BCUT2D eigenvalue weighted by Gasteiger charge is 2.21. The molecule has 1 rings (SSSR count). The SMILES string of the molecule is CCC(CC)C(C)NC(=O)c1cc(Cl)nc(C(C)(C)C)c1. The Morgan fingerprint density at radius 3 is 2.33 bits per heavy atom. The standard InChI is InChI=1S/C17H27ClN2O/c1-7-12(8-2)11(3)19-16(21)13-9-14(17(4,5)6)20-15(18)10-13/h9-12H,7-8H2,1-6H3,(H,19,21). The van der Waals surface area contributed by atoms with Crippen LogP contribution in [0.25, 0.3) is 0 Å². The van der Waals surface area contributed by atoms with Crippen molar-refractivity contribution in [1.82, 2.24) is 10.3 Å². The summed E-state index contributed by atoms with van der Waals surface area (Å²) in [5.41, 5.74) is 1.27. The topological polar surface area (TPSA) is 42.0 Å². The zero-order valence-corrected chi connectivity index (χ0v) is 14.7. The molecule has 0 spiro atoms. The van der Waals surface area contributed by atoms with Crippen LogP contribution < -0.4 is 5.32 Å². The maximum atomic E-state index is 12.4. The van der Waals surface area contributed by atoms with E-state index in [4.69, 9.17) is 11.6 Å². The van der Waals surface area contributed by atoms with Gasteiger partial charge in [-0.15, -0.1) is 0 Å². The van der Waals surface area contributed by atoms with Gasteiger partial charge in [0.25, 0.3) is 5.91 Å². The average Bonchev–Trinajstić information content (AvgIpc) is 2.38. The van der Waals surface area contributed by atoms with Gasteiger partial charge >= 0.3 is 0 Å². The van der Waals surface area contributed by atoms with Crippen LogP contribution in [0.5, 0.6) is 0 Å². The van der Waals surface area contributed by atoms with Crippen molar-refractivity contribution in [3.05, 3.63) is 28.5 Å². The van der Waals surface area contributed by atoms with Gasteiger partial charge < -0.3 is 5.32 Å². The molecule has 3 nitrogen and oxygen atoms in total. The molecular formula is C17H27ClN2O. The number of aromatic nitrogens is 1. The number of nitrogens with zero attached hydrogens (tertiary/aromatic N) is 1. The summed E-state index contributed by atoms with van der Waals surface area (Å²) in [6, 6.07) is 3.62. The molecule has 0 bridgehead atoms. The highest BCUT2D eigenvalue weighted by Crippen LogP contribution is 2.23. The van der Waals surface area contributed by atoms with Crippen molar-refractivity contribution >= 4 is 17.5 Å². The lowest BCUT2D eigenvalue weighted by atomic mass is 9.90. The van der Waals surface area contributed by atoms with E-state index in [1.807, 2.05) is 6.07 Å². The van der Waals surface area contributed by atoms with Gasteiger partial charge in [-0.1, -0.05) is 59.1 Å². The summed E-state index contributed by atoms with van der Waals surface area (Å²) in [6.07, 6.45) is 2.12. The highest BCUT2D eigenvalue weighted by molar-refractivity contribution is 6.29. The van der Waals surface area contributed by atoms with Crippen LogP contribution in [0.15, 0.2) is 12.1 Å². The monoisotopic (exact) mass is 310 g/mol. The van der Waals surface area contributed by atoms with Crippen LogP contribution >= 0.6 is 11.6 Å². The average molecular weight is 311 g/mol. The van der Waals surface area contributed by atoms with Crippen molar-refractivity contribution in [3.63, 3.8) is 0 Å². The van der Waals surface area contributed by atoms with Crippen molar-refractivity contribution < 1.29 is 4.79 Å². The fraction of sp³-hybridized carbons (Fsp3) is 0.647. The van der Waals surface area contributed by atoms with Crippen LogP contribution in [-0.4, -0.2) is 16.9 Å². The van der Waals surface area contributed by atoms with Gasteiger partial charge in [-0.05, 0) is 25.0 Å². The van der Waals surface area contributed by atoms with Gasteiger partial charge in [0.1, 0.15) is 5.15 Å². The molecule has 0 radical (unpaired) electrons. The Hall–Kier alpha value is -1.09. The molecule has 1 amide bonds. The number of carbonyl (C=O) groups excluding carboxylic acids is 1. The summed E-state index contributed by atoms with van der Waals surface area (Å²) in [6.45, 7) is 12.5. The number of rotatable bonds is 5. The second kappa shape index (κ2) is 7.26. The molecule has 0 aliphatic rings. The minimum atomic E-state index is -0.138.